The number of nitrogens with one attached hydrogen (secondary N) is 1. The predicted octanol–water partition coefficient (Wildman–Crippen LogP) is 1.24. The van der Waals surface area contributed by atoms with Gasteiger partial charge in [-0.05, 0) is 20.1 Å². The molecule has 0 radical (unpaired) electrons. The van der Waals surface area contributed by atoms with Crippen LogP contribution in [-0.2, 0) is 10.0 Å². The van der Waals surface area contributed by atoms with Gasteiger partial charge in [-0.2, -0.15) is 11.8 Å². The lowest BCUT2D eigenvalue weighted by Crippen LogP contribution is -2.36. The fourth-order valence-electron chi connectivity index (χ4n) is 0.395. The van der Waals surface area contributed by atoms with E-state index in [4.69, 9.17) is 11.6 Å². The van der Waals surface area contributed by atoms with Crippen LogP contribution in [0.5, 0.6) is 0 Å². The van der Waals surface area contributed by atoms with Crippen molar-refractivity contribution in [1.82, 2.24) is 4.72 Å². The summed E-state index contributed by atoms with van der Waals surface area (Å²) in [7, 11) is -3.26. The van der Waals surface area contributed by atoms with Crippen molar-refractivity contribution in [3.05, 3.63) is 0 Å². The molecule has 0 atom stereocenters. The van der Waals surface area contributed by atoms with Gasteiger partial charge in [0.05, 0.1) is 0 Å². The van der Waals surface area contributed by atoms with E-state index in [9.17, 15) is 8.42 Å². The van der Waals surface area contributed by atoms with Crippen LogP contribution in [0, 0.1) is 0 Å². The predicted molar refractivity (Wildman–Crippen MR) is 55.2 cm³/mol. The first kappa shape index (κ1) is 12.6. The van der Waals surface area contributed by atoms with Crippen molar-refractivity contribution in [3.8, 4) is 0 Å². The van der Waals surface area contributed by atoms with Gasteiger partial charge in [0, 0.05) is 11.3 Å². The molecule has 0 aliphatic rings. The molecule has 1 N–H and O–H groups in total. The van der Waals surface area contributed by atoms with E-state index in [1.165, 1.54) is 0 Å². The fourth-order valence-corrected chi connectivity index (χ4v) is 1.59. The Morgan fingerprint density at radius 2 is 2.00 bits per heavy atom. The minimum Gasteiger partial charge on any atom is -0.213 e. The van der Waals surface area contributed by atoms with Crippen LogP contribution >= 0.6 is 23.4 Å². The first-order valence-corrected chi connectivity index (χ1v) is 6.82. The molecule has 6 heteroatoms. The molecule has 0 spiro atoms. The largest absolute Gasteiger partial charge is 0.225 e. The second-order valence-electron chi connectivity index (χ2n) is 3.01. The molecule has 3 nitrogen and oxygen atoms in total. The van der Waals surface area contributed by atoms with Gasteiger partial charge in [0.15, 0.2) is 0 Å². The van der Waals surface area contributed by atoms with Gasteiger partial charge < -0.3 is 0 Å². The summed E-state index contributed by atoms with van der Waals surface area (Å²) < 4.78 is 24.2. The maximum Gasteiger partial charge on any atom is 0.225 e. The van der Waals surface area contributed by atoms with Crippen LogP contribution in [0.25, 0.3) is 0 Å². The molecule has 0 aromatic heterocycles. The quantitative estimate of drug-likeness (QED) is 0.725. The summed E-state index contributed by atoms with van der Waals surface area (Å²) in [6, 6.07) is 0. The van der Waals surface area contributed by atoms with Gasteiger partial charge >= 0.3 is 0 Å². The van der Waals surface area contributed by atoms with E-state index >= 15 is 0 Å². The molecule has 74 valence electrons. The standard InChI is InChI=1S/C6H14ClNO2S2/c1-6(2,11-3)4-8-12(9,10)5-7/h8H,4-5H2,1-3H3. The summed E-state index contributed by atoms with van der Waals surface area (Å²) in [6.07, 6.45) is 1.94. The smallest absolute Gasteiger partial charge is 0.213 e. The molecule has 0 bridgehead atoms. The Kier molecular flexibility index (Phi) is 4.91. The first-order chi connectivity index (χ1) is 5.33. The van der Waals surface area contributed by atoms with Crippen molar-refractivity contribution < 1.29 is 8.42 Å². The van der Waals surface area contributed by atoms with Crippen molar-refractivity contribution in [2.45, 2.75) is 18.6 Å². The topological polar surface area (TPSA) is 46.2 Å². The molecule has 0 fully saturated rings. The third kappa shape index (κ3) is 5.24. The minimum absolute atomic E-state index is 0.0842. The summed E-state index contributed by atoms with van der Waals surface area (Å²) in [5.74, 6) is 0. The van der Waals surface area contributed by atoms with Gasteiger partial charge in [-0.3, -0.25) is 0 Å². The van der Waals surface area contributed by atoms with Gasteiger partial charge in [-0.15, -0.1) is 11.6 Å². The Morgan fingerprint density at radius 3 is 2.33 bits per heavy atom. The number of alkyl halides is 1. The zero-order chi connectivity index (χ0) is 9.83. The molecule has 0 heterocycles. The lowest BCUT2D eigenvalue weighted by Gasteiger charge is -2.21. The molecule has 0 aliphatic heterocycles. The molecule has 0 aromatic carbocycles. The molecule has 0 aromatic rings. The van der Waals surface area contributed by atoms with Crippen LogP contribution in [0.15, 0.2) is 0 Å². The Bertz CT molecular complexity index is 226. The van der Waals surface area contributed by atoms with Crippen molar-refractivity contribution in [2.24, 2.45) is 0 Å². The number of halogens is 1. The molecule has 0 rings (SSSR count). The number of sulfonamides is 1. The van der Waals surface area contributed by atoms with Gasteiger partial charge in [0.2, 0.25) is 10.0 Å². The molecule has 0 aliphatic carbocycles. The maximum atomic E-state index is 10.9. The van der Waals surface area contributed by atoms with Gasteiger partial charge in [-0.1, -0.05) is 0 Å². The zero-order valence-electron chi connectivity index (χ0n) is 7.43. The van der Waals surface area contributed by atoms with Crippen molar-refractivity contribution in [2.75, 3.05) is 18.0 Å². The summed E-state index contributed by atoms with van der Waals surface area (Å²) in [5, 5.41) is -0.378. The highest BCUT2D eigenvalue weighted by Crippen LogP contribution is 2.19. The first-order valence-electron chi connectivity index (χ1n) is 3.41. The van der Waals surface area contributed by atoms with Crippen molar-refractivity contribution in [1.29, 1.82) is 0 Å². The molecule has 0 unspecified atom stereocenters. The second-order valence-corrected chi connectivity index (χ2v) is 6.91. The number of rotatable bonds is 5. The average molecular weight is 232 g/mol. The number of hydrogen-bond acceptors (Lipinski definition) is 3. The Balaban J connectivity index is 4.00. The highest BCUT2D eigenvalue weighted by Gasteiger charge is 2.18. The molecule has 12 heavy (non-hydrogen) atoms. The monoisotopic (exact) mass is 231 g/mol. The van der Waals surface area contributed by atoms with Gasteiger partial charge in [0.1, 0.15) is 5.21 Å². The third-order valence-electron chi connectivity index (χ3n) is 1.41. The lowest BCUT2D eigenvalue weighted by molar-refractivity contribution is 0.575. The molecule has 0 saturated carbocycles. The molecule has 0 saturated heterocycles. The second kappa shape index (κ2) is 4.69. The Labute approximate surface area is 83.3 Å². The van der Waals surface area contributed by atoms with E-state index in [-0.39, 0.29) is 9.96 Å². The van der Waals surface area contributed by atoms with E-state index in [0.29, 0.717) is 6.54 Å². The van der Waals surface area contributed by atoms with E-state index < -0.39 is 10.0 Å². The van der Waals surface area contributed by atoms with Crippen LogP contribution in [0.1, 0.15) is 13.8 Å². The fraction of sp³-hybridized carbons (Fsp3) is 1.00. The Hall–Kier alpha value is 0.550. The molecular weight excluding hydrogens is 218 g/mol. The summed E-state index contributed by atoms with van der Waals surface area (Å²) in [4.78, 5) is 0. The summed E-state index contributed by atoms with van der Waals surface area (Å²) in [5.41, 5.74) is 0. The van der Waals surface area contributed by atoms with E-state index in [1.54, 1.807) is 11.8 Å². The van der Waals surface area contributed by atoms with Gasteiger partial charge in [0.25, 0.3) is 0 Å². The minimum atomic E-state index is -3.26. The summed E-state index contributed by atoms with van der Waals surface area (Å²) in [6.45, 7) is 4.34. The third-order valence-corrected chi connectivity index (χ3v) is 4.40. The van der Waals surface area contributed by atoms with Gasteiger partial charge in [-0.25, -0.2) is 13.1 Å². The number of thioether (sulfide) groups is 1. The van der Waals surface area contributed by atoms with Crippen LogP contribution in [0.3, 0.4) is 0 Å². The highest BCUT2D eigenvalue weighted by molar-refractivity contribution is 8.00. The SMILES string of the molecule is CSC(C)(C)CNS(=O)(=O)CCl. The van der Waals surface area contributed by atoms with Crippen molar-refractivity contribution >= 4 is 33.4 Å². The lowest BCUT2D eigenvalue weighted by atomic mass is 10.2. The average Bonchev–Trinajstić information content (AvgIpc) is 2.02. The molecule has 0 amide bonds. The van der Waals surface area contributed by atoms with Crippen LogP contribution in [0.4, 0.5) is 0 Å². The highest BCUT2D eigenvalue weighted by atomic mass is 35.5. The van der Waals surface area contributed by atoms with E-state index in [2.05, 4.69) is 4.72 Å². The van der Waals surface area contributed by atoms with Crippen LogP contribution in [-0.4, -0.2) is 31.2 Å². The van der Waals surface area contributed by atoms with Crippen LogP contribution in [0.2, 0.25) is 0 Å². The zero-order valence-corrected chi connectivity index (χ0v) is 9.81. The Morgan fingerprint density at radius 1 is 1.50 bits per heavy atom. The van der Waals surface area contributed by atoms with Crippen LogP contribution < -0.4 is 4.72 Å². The molecular formula is C6H14ClNO2S2. The maximum absolute atomic E-state index is 10.9. The van der Waals surface area contributed by atoms with Crippen molar-refractivity contribution in [3.63, 3.8) is 0 Å². The van der Waals surface area contributed by atoms with E-state index in [1.807, 2.05) is 20.1 Å². The normalized spacial score (nSPS) is 13.3. The van der Waals surface area contributed by atoms with E-state index in [0.717, 1.165) is 0 Å². The number of hydrogen-bond donors (Lipinski definition) is 1. The summed E-state index contributed by atoms with van der Waals surface area (Å²) >= 11 is 6.82.